The van der Waals surface area contributed by atoms with E-state index in [1.165, 1.54) is 45.3 Å². The van der Waals surface area contributed by atoms with Crippen molar-refractivity contribution in [3.05, 3.63) is 0 Å². The molecule has 3 heteroatoms. The van der Waals surface area contributed by atoms with Gasteiger partial charge in [0.05, 0.1) is 5.60 Å². The van der Waals surface area contributed by atoms with Gasteiger partial charge < -0.3 is 15.7 Å². The molecule has 2 unspecified atom stereocenters. The molecule has 0 aromatic rings. The number of likely N-dealkylation sites (tertiary alicyclic amines) is 1. The number of aliphatic hydroxyl groups is 1. The van der Waals surface area contributed by atoms with Crippen LogP contribution in [0.1, 0.15) is 52.4 Å². The van der Waals surface area contributed by atoms with Crippen molar-refractivity contribution >= 4 is 0 Å². The summed E-state index contributed by atoms with van der Waals surface area (Å²) in [5, 5.41) is 9.80. The zero-order chi connectivity index (χ0) is 12.7. The molecule has 1 saturated heterocycles. The lowest BCUT2D eigenvalue weighted by Gasteiger charge is -2.23. The molecule has 0 aliphatic carbocycles. The van der Waals surface area contributed by atoms with Gasteiger partial charge in [0.25, 0.3) is 0 Å². The van der Waals surface area contributed by atoms with Crippen molar-refractivity contribution < 1.29 is 5.11 Å². The first-order chi connectivity index (χ1) is 8.03. The van der Waals surface area contributed by atoms with Gasteiger partial charge in [-0.15, -0.1) is 0 Å². The quantitative estimate of drug-likeness (QED) is 0.700. The van der Waals surface area contributed by atoms with Crippen LogP contribution < -0.4 is 5.73 Å². The number of hydrogen-bond acceptors (Lipinski definition) is 3. The Morgan fingerprint density at radius 3 is 2.76 bits per heavy atom. The van der Waals surface area contributed by atoms with Gasteiger partial charge in [0.2, 0.25) is 0 Å². The Kier molecular flexibility index (Phi) is 6.45. The smallest absolute Gasteiger partial charge is 0.0741 e. The van der Waals surface area contributed by atoms with Gasteiger partial charge in [0, 0.05) is 6.54 Å². The van der Waals surface area contributed by atoms with E-state index >= 15 is 0 Å². The summed E-state index contributed by atoms with van der Waals surface area (Å²) >= 11 is 0. The molecule has 1 rings (SSSR count). The normalized spacial score (nSPS) is 26.5. The van der Waals surface area contributed by atoms with Gasteiger partial charge in [0.15, 0.2) is 0 Å². The first kappa shape index (κ1) is 14.9. The number of unbranched alkanes of at least 4 members (excludes halogenated alkanes) is 1. The molecule has 17 heavy (non-hydrogen) atoms. The molecule has 102 valence electrons. The van der Waals surface area contributed by atoms with Gasteiger partial charge >= 0.3 is 0 Å². The molecule has 3 nitrogen and oxygen atoms in total. The van der Waals surface area contributed by atoms with Crippen molar-refractivity contribution in [3.8, 4) is 0 Å². The molecule has 1 aliphatic rings. The fourth-order valence-corrected chi connectivity index (χ4v) is 2.49. The summed E-state index contributed by atoms with van der Waals surface area (Å²) in [7, 11) is 0. The zero-order valence-corrected chi connectivity index (χ0v) is 11.6. The Hall–Kier alpha value is -0.120. The highest BCUT2D eigenvalue weighted by atomic mass is 16.3. The third-order valence-electron chi connectivity index (χ3n) is 3.99. The van der Waals surface area contributed by atoms with E-state index < -0.39 is 5.60 Å². The molecule has 0 aromatic heterocycles. The minimum atomic E-state index is -0.659. The van der Waals surface area contributed by atoms with Gasteiger partial charge in [-0.25, -0.2) is 0 Å². The summed E-state index contributed by atoms with van der Waals surface area (Å²) in [6.45, 7) is 8.27. The highest BCUT2D eigenvalue weighted by Gasteiger charge is 2.17. The van der Waals surface area contributed by atoms with E-state index in [1.54, 1.807) is 0 Å². The minimum Gasteiger partial charge on any atom is -0.389 e. The predicted molar refractivity (Wildman–Crippen MR) is 73.0 cm³/mol. The maximum absolute atomic E-state index is 9.80. The molecule has 0 bridgehead atoms. The van der Waals surface area contributed by atoms with Crippen molar-refractivity contribution in [1.29, 1.82) is 0 Å². The SMILES string of the molecule is CC1CCCN(CCCCC(C)(O)CN)CC1. The molecule has 0 aromatic carbocycles. The molecule has 0 spiro atoms. The summed E-state index contributed by atoms with van der Waals surface area (Å²) in [4.78, 5) is 2.58. The number of nitrogens with two attached hydrogens (primary N) is 1. The Bertz CT molecular complexity index is 206. The Morgan fingerprint density at radius 2 is 2.06 bits per heavy atom. The lowest BCUT2D eigenvalue weighted by atomic mass is 9.99. The molecular weight excluding hydrogens is 212 g/mol. The van der Waals surface area contributed by atoms with Crippen LogP contribution in [0.15, 0.2) is 0 Å². The number of hydrogen-bond donors (Lipinski definition) is 2. The third-order valence-corrected chi connectivity index (χ3v) is 3.99. The second-order valence-electron chi connectivity index (χ2n) is 6.04. The van der Waals surface area contributed by atoms with Crippen molar-refractivity contribution in [2.75, 3.05) is 26.2 Å². The van der Waals surface area contributed by atoms with Crippen LogP contribution in [0.25, 0.3) is 0 Å². The fourth-order valence-electron chi connectivity index (χ4n) is 2.49. The molecule has 0 radical (unpaired) electrons. The second-order valence-corrected chi connectivity index (χ2v) is 6.04. The summed E-state index contributed by atoms with van der Waals surface area (Å²) in [5.74, 6) is 0.901. The maximum Gasteiger partial charge on any atom is 0.0741 e. The van der Waals surface area contributed by atoms with Crippen LogP contribution in [0.2, 0.25) is 0 Å². The number of nitrogens with zero attached hydrogens (tertiary/aromatic N) is 1. The predicted octanol–water partition coefficient (Wildman–Crippen LogP) is 1.99. The van der Waals surface area contributed by atoms with Gasteiger partial charge in [0.1, 0.15) is 0 Å². The highest BCUT2D eigenvalue weighted by molar-refractivity contribution is 4.73. The second kappa shape index (κ2) is 7.34. The Labute approximate surface area is 106 Å². The summed E-state index contributed by atoms with van der Waals surface area (Å²) in [6, 6.07) is 0. The van der Waals surface area contributed by atoms with Crippen molar-refractivity contribution in [1.82, 2.24) is 4.90 Å². The standard InChI is InChI=1S/C14H30N2O/c1-13-6-5-10-16(11-7-13)9-4-3-8-14(2,17)12-15/h13,17H,3-12,15H2,1-2H3. The Balaban J connectivity index is 2.10. The number of rotatable bonds is 6. The lowest BCUT2D eigenvalue weighted by molar-refractivity contribution is 0.0564. The van der Waals surface area contributed by atoms with Crippen molar-refractivity contribution in [2.45, 2.75) is 58.0 Å². The van der Waals surface area contributed by atoms with Gasteiger partial charge in [-0.05, 0) is 71.0 Å². The van der Waals surface area contributed by atoms with E-state index in [1.807, 2.05) is 6.92 Å². The first-order valence-corrected chi connectivity index (χ1v) is 7.18. The highest BCUT2D eigenvalue weighted by Crippen LogP contribution is 2.17. The van der Waals surface area contributed by atoms with Crippen LogP contribution >= 0.6 is 0 Å². The van der Waals surface area contributed by atoms with Crippen molar-refractivity contribution in [3.63, 3.8) is 0 Å². The molecule has 1 aliphatic heterocycles. The van der Waals surface area contributed by atoms with E-state index in [-0.39, 0.29) is 0 Å². The van der Waals surface area contributed by atoms with E-state index in [4.69, 9.17) is 5.73 Å². The zero-order valence-electron chi connectivity index (χ0n) is 11.6. The van der Waals surface area contributed by atoms with Crippen LogP contribution in [-0.2, 0) is 0 Å². The Morgan fingerprint density at radius 1 is 1.29 bits per heavy atom. The molecule has 0 saturated carbocycles. The molecule has 0 amide bonds. The average molecular weight is 242 g/mol. The van der Waals surface area contributed by atoms with Gasteiger partial charge in [-0.3, -0.25) is 0 Å². The van der Waals surface area contributed by atoms with Crippen LogP contribution in [0.3, 0.4) is 0 Å². The average Bonchev–Trinajstić information content (AvgIpc) is 2.50. The van der Waals surface area contributed by atoms with Crippen LogP contribution in [0.4, 0.5) is 0 Å². The topological polar surface area (TPSA) is 49.5 Å². The molecule has 1 fully saturated rings. The van der Waals surface area contributed by atoms with E-state index in [0.29, 0.717) is 6.54 Å². The first-order valence-electron chi connectivity index (χ1n) is 7.18. The molecule has 3 N–H and O–H groups in total. The van der Waals surface area contributed by atoms with Crippen LogP contribution in [0.5, 0.6) is 0 Å². The van der Waals surface area contributed by atoms with E-state index in [9.17, 15) is 5.11 Å². The third kappa shape index (κ3) is 6.39. The fraction of sp³-hybridized carbons (Fsp3) is 1.00. The minimum absolute atomic E-state index is 0.369. The van der Waals surface area contributed by atoms with Crippen LogP contribution in [0, 0.1) is 5.92 Å². The molecule has 1 heterocycles. The monoisotopic (exact) mass is 242 g/mol. The van der Waals surface area contributed by atoms with E-state index in [0.717, 1.165) is 18.8 Å². The largest absolute Gasteiger partial charge is 0.389 e. The lowest BCUT2D eigenvalue weighted by Crippen LogP contribution is -2.34. The van der Waals surface area contributed by atoms with E-state index in [2.05, 4.69) is 11.8 Å². The van der Waals surface area contributed by atoms with Crippen LogP contribution in [-0.4, -0.2) is 41.8 Å². The maximum atomic E-state index is 9.80. The van der Waals surface area contributed by atoms with Gasteiger partial charge in [-0.1, -0.05) is 6.92 Å². The van der Waals surface area contributed by atoms with Gasteiger partial charge in [-0.2, -0.15) is 0 Å². The van der Waals surface area contributed by atoms with Crippen molar-refractivity contribution in [2.24, 2.45) is 11.7 Å². The summed E-state index contributed by atoms with van der Waals surface area (Å²) < 4.78 is 0. The summed E-state index contributed by atoms with van der Waals surface area (Å²) in [5.41, 5.74) is 4.85. The summed E-state index contributed by atoms with van der Waals surface area (Å²) in [6.07, 6.45) is 7.18. The molecular formula is C14H30N2O. The molecule has 2 atom stereocenters.